The first-order valence-corrected chi connectivity index (χ1v) is 7.40. The second kappa shape index (κ2) is 5.98. The van der Waals surface area contributed by atoms with Gasteiger partial charge in [0, 0.05) is 32.4 Å². The molecule has 5 heteroatoms. The topological polar surface area (TPSA) is 33.1 Å². The first kappa shape index (κ1) is 15.7. The van der Waals surface area contributed by atoms with Crippen molar-refractivity contribution in [1.82, 2.24) is 9.78 Å². The number of hydrogen-bond donors (Lipinski definition) is 1. The maximum atomic E-state index is 6.27. The van der Waals surface area contributed by atoms with E-state index >= 15 is 0 Å². The minimum absolute atomic E-state index is 0.00308. The highest BCUT2D eigenvalue weighted by Gasteiger charge is 2.14. The second-order valence-electron chi connectivity index (χ2n) is 6.35. The molecule has 1 heterocycles. The number of para-hydroxylation sites is 1. The molecule has 2 aromatic rings. The van der Waals surface area contributed by atoms with E-state index < -0.39 is 0 Å². The summed E-state index contributed by atoms with van der Waals surface area (Å²) < 4.78 is 1.98. The molecule has 114 valence electrons. The van der Waals surface area contributed by atoms with Crippen LogP contribution in [0.5, 0.6) is 0 Å². The third kappa shape index (κ3) is 3.70. The maximum absolute atomic E-state index is 6.27. The lowest BCUT2D eigenvalue weighted by Gasteiger charge is -2.20. The molecule has 0 aliphatic rings. The molecule has 0 atom stereocenters. The zero-order valence-corrected chi connectivity index (χ0v) is 14.1. The van der Waals surface area contributed by atoms with Crippen LogP contribution in [0.3, 0.4) is 0 Å². The number of rotatable bonds is 4. The summed E-state index contributed by atoms with van der Waals surface area (Å²) in [5.41, 5.74) is 3.18. The molecule has 0 amide bonds. The summed E-state index contributed by atoms with van der Waals surface area (Å²) in [7, 11) is 3.98. The summed E-state index contributed by atoms with van der Waals surface area (Å²) in [6.45, 7) is 7.13. The molecular weight excluding hydrogens is 284 g/mol. The van der Waals surface area contributed by atoms with Crippen LogP contribution < -0.4 is 10.2 Å². The highest BCUT2D eigenvalue weighted by Crippen LogP contribution is 2.32. The molecule has 21 heavy (non-hydrogen) atoms. The van der Waals surface area contributed by atoms with Crippen molar-refractivity contribution in [2.24, 2.45) is 0 Å². The third-order valence-electron chi connectivity index (χ3n) is 3.24. The van der Waals surface area contributed by atoms with E-state index in [1.54, 1.807) is 0 Å². The molecule has 0 saturated heterocycles. The number of nitrogens with zero attached hydrogens (tertiary/aromatic N) is 3. The zero-order valence-electron chi connectivity index (χ0n) is 13.3. The number of anilines is 2. The molecule has 0 saturated carbocycles. The van der Waals surface area contributed by atoms with Crippen molar-refractivity contribution in [3.63, 3.8) is 0 Å². The molecule has 0 aliphatic heterocycles. The van der Waals surface area contributed by atoms with E-state index in [0.29, 0.717) is 0 Å². The number of benzene rings is 1. The van der Waals surface area contributed by atoms with E-state index in [1.807, 2.05) is 48.1 Å². The van der Waals surface area contributed by atoms with Crippen LogP contribution in [0.1, 0.15) is 26.3 Å². The lowest BCUT2D eigenvalue weighted by atomic mass is 10.1. The summed E-state index contributed by atoms with van der Waals surface area (Å²) in [6, 6.07) is 5.89. The van der Waals surface area contributed by atoms with Crippen LogP contribution in [0.25, 0.3) is 0 Å². The van der Waals surface area contributed by atoms with Gasteiger partial charge in [-0.15, -0.1) is 0 Å². The molecule has 0 aliphatic carbocycles. The van der Waals surface area contributed by atoms with Gasteiger partial charge in [0.25, 0.3) is 0 Å². The largest absolute Gasteiger partial charge is 0.379 e. The van der Waals surface area contributed by atoms with Gasteiger partial charge in [-0.05, 0) is 32.9 Å². The predicted octanol–water partition coefficient (Wildman–Crippen LogP) is 3.97. The Hall–Kier alpha value is -1.68. The molecule has 1 aromatic carbocycles. The van der Waals surface area contributed by atoms with Crippen molar-refractivity contribution in [1.29, 1.82) is 0 Å². The van der Waals surface area contributed by atoms with Gasteiger partial charge in [0.1, 0.15) is 0 Å². The molecule has 0 fully saturated rings. The number of halogens is 1. The van der Waals surface area contributed by atoms with Gasteiger partial charge in [-0.1, -0.05) is 17.7 Å². The molecule has 0 radical (unpaired) electrons. The van der Waals surface area contributed by atoms with E-state index in [9.17, 15) is 0 Å². The second-order valence-corrected chi connectivity index (χ2v) is 6.76. The number of nitrogens with one attached hydrogen (secondary N) is 1. The fourth-order valence-electron chi connectivity index (χ4n) is 2.13. The van der Waals surface area contributed by atoms with Gasteiger partial charge in [0.2, 0.25) is 0 Å². The van der Waals surface area contributed by atoms with Crippen molar-refractivity contribution in [2.75, 3.05) is 24.3 Å². The van der Waals surface area contributed by atoms with Gasteiger partial charge in [-0.2, -0.15) is 5.10 Å². The summed E-state index contributed by atoms with van der Waals surface area (Å²) in [4.78, 5) is 2.02. The Kier molecular flexibility index (Phi) is 4.47. The Labute approximate surface area is 131 Å². The quantitative estimate of drug-likeness (QED) is 0.928. The van der Waals surface area contributed by atoms with Gasteiger partial charge < -0.3 is 10.2 Å². The first-order valence-electron chi connectivity index (χ1n) is 7.03. The molecular formula is C16H23ClN4. The third-order valence-corrected chi connectivity index (χ3v) is 3.55. The predicted molar refractivity (Wildman–Crippen MR) is 90.3 cm³/mol. The fraction of sp³-hybridized carbons (Fsp3) is 0.438. The highest BCUT2D eigenvalue weighted by atomic mass is 35.5. The molecule has 4 nitrogen and oxygen atoms in total. The minimum atomic E-state index is 0.00308. The van der Waals surface area contributed by atoms with Crippen LogP contribution in [-0.2, 0) is 12.1 Å². The standard InChI is InChI=1S/C16H23ClN4/c1-16(2,3)21-11-12(10-19-21)9-18-14-8-6-7-13(17)15(14)20(4)5/h6-8,10-11,18H,9H2,1-5H3. The summed E-state index contributed by atoms with van der Waals surface area (Å²) in [5, 5.41) is 8.60. The zero-order chi connectivity index (χ0) is 15.6. The molecule has 0 bridgehead atoms. The van der Waals surface area contributed by atoms with Crippen LogP contribution in [0.2, 0.25) is 5.02 Å². The summed E-state index contributed by atoms with van der Waals surface area (Å²) in [5.74, 6) is 0. The molecule has 0 unspecified atom stereocenters. The average Bonchev–Trinajstić information content (AvgIpc) is 2.84. The normalized spacial score (nSPS) is 11.5. The average molecular weight is 307 g/mol. The lowest BCUT2D eigenvalue weighted by Crippen LogP contribution is -2.22. The fourth-order valence-corrected chi connectivity index (χ4v) is 2.47. The summed E-state index contributed by atoms with van der Waals surface area (Å²) in [6.07, 6.45) is 3.98. The van der Waals surface area contributed by atoms with E-state index in [2.05, 4.69) is 37.4 Å². The monoisotopic (exact) mass is 306 g/mol. The van der Waals surface area contributed by atoms with Crippen LogP contribution in [0, 0.1) is 0 Å². The molecule has 1 N–H and O–H groups in total. The van der Waals surface area contributed by atoms with Gasteiger partial charge in [0.15, 0.2) is 0 Å². The van der Waals surface area contributed by atoms with Crippen LogP contribution in [0.15, 0.2) is 30.6 Å². The van der Waals surface area contributed by atoms with Gasteiger partial charge in [0.05, 0.1) is 28.1 Å². The minimum Gasteiger partial charge on any atom is -0.379 e. The number of aromatic nitrogens is 2. The molecule has 1 aromatic heterocycles. The lowest BCUT2D eigenvalue weighted by molar-refractivity contribution is 0.355. The smallest absolute Gasteiger partial charge is 0.0786 e. The van der Waals surface area contributed by atoms with Crippen molar-refractivity contribution >= 4 is 23.0 Å². The van der Waals surface area contributed by atoms with Crippen molar-refractivity contribution in [3.05, 3.63) is 41.2 Å². The van der Waals surface area contributed by atoms with E-state index in [4.69, 9.17) is 11.6 Å². The molecule has 0 spiro atoms. The number of hydrogen-bond acceptors (Lipinski definition) is 3. The Morgan fingerprint density at radius 3 is 2.57 bits per heavy atom. The van der Waals surface area contributed by atoms with Gasteiger partial charge in [-0.3, -0.25) is 4.68 Å². The van der Waals surface area contributed by atoms with E-state index in [-0.39, 0.29) is 5.54 Å². The van der Waals surface area contributed by atoms with Gasteiger partial charge in [-0.25, -0.2) is 0 Å². The van der Waals surface area contributed by atoms with Crippen molar-refractivity contribution < 1.29 is 0 Å². The van der Waals surface area contributed by atoms with Crippen LogP contribution in [0.4, 0.5) is 11.4 Å². The molecule has 2 rings (SSSR count). The van der Waals surface area contributed by atoms with Crippen LogP contribution in [-0.4, -0.2) is 23.9 Å². The van der Waals surface area contributed by atoms with Crippen LogP contribution >= 0.6 is 11.6 Å². The van der Waals surface area contributed by atoms with E-state index in [0.717, 1.165) is 28.5 Å². The maximum Gasteiger partial charge on any atom is 0.0786 e. The van der Waals surface area contributed by atoms with E-state index in [1.165, 1.54) is 0 Å². The summed E-state index contributed by atoms with van der Waals surface area (Å²) >= 11 is 6.27. The SMILES string of the molecule is CN(C)c1c(Cl)cccc1NCc1cnn(C(C)(C)C)c1. The Morgan fingerprint density at radius 1 is 1.29 bits per heavy atom. The van der Waals surface area contributed by atoms with Gasteiger partial charge >= 0.3 is 0 Å². The Bertz CT molecular complexity index is 611. The first-order chi connectivity index (χ1) is 9.79. The van der Waals surface area contributed by atoms with Crippen molar-refractivity contribution in [3.8, 4) is 0 Å². The highest BCUT2D eigenvalue weighted by molar-refractivity contribution is 6.34. The van der Waals surface area contributed by atoms with Crippen molar-refractivity contribution in [2.45, 2.75) is 32.9 Å². The Balaban J connectivity index is 2.14. The Morgan fingerprint density at radius 2 is 2.00 bits per heavy atom.